The van der Waals surface area contributed by atoms with E-state index >= 15 is 0 Å². The molecule has 0 saturated heterocycles. The molecule has 3 aromatic rings. The molecule has 0 aliphatic rings. The highest BCUT2D eigenvalue weighted by Gasteiger charge is 2.18. The third-order valence-electron chi connectivity index (χ3n) is 4.13. The number of nitrogens with zero attached hydrogens (tertiary/aromatic N) is 1. The first-order chi connectivity index (χ1) is 12.7. The van der Waals surface area contributed by atoms with E-state index in [1.165, 1.54) is 19.2 Å². The lowest BCUT2D eigenvalue weighted by Crippen LogP contribution is -2.16. The number of pyridine rings is 1. The normalized spacial score (nSPS) is 11.4. The minimum Gasteiger partial charge on any atom is -0.495 e. The molecule has 0 fully saturated rings. The summed E-state index contributed by atoms with van der Waals surface area (Å²) in [7, 11) is -2.66. The Labute approximate surface area is 157 Å². The van der Waals surface area contributed by atoms with Gasteiger partial charge in [0.15, 0.2) is 0 Å². The van der Waals surface area contributed by atoms with Crippen molar-refractivity contribution < 1.29 is 17.9 Å². The highest BCUT2D eigenvalue weighted by molar-refractivity contribution is 7.89. The van der Waals surface area contributed by atoms with Crippen molar-refractivity contribution >= 4 is 32.5 Å². The van der Waals surface area contributed by atoms with E-state index in [1.807, 2.05) is 25.1 Å². The van der Waals surface area contributed by atoms with E-state index in [0.29, 0.717) is 11.3 Å². The molecule has 140 valence electrons. The summed E-state index contributed by atoms with van der Waals surface area (Å²) >= 11 is 0. The van der Waals surface area contributed by atoms with E-state index in [-0.39, 0.29) is 16.3 Å². The largest absolute Gasteiger partial charge is 0.495 e. The maximum Gasteiger partial charge on any atom is 0.257 e. The fourth-order valence-electron chi connectivity index (χ4n) is 2.80. The molecule has 3 rings (SSSR count). The van der Waals surface area contributed by atoms with Crippen molar-refractivity contribution in [1.82, 2.24) is 4.98 Å². The van der Waals surface area contributed by atoms with Crippen LogP contribution in [0.3, 0.4) is 0 Å². The Morgan fingerprint density at radius 1 is 1.11 bits per heavy atom. The van der Waals surface area contributed by atoms with Crippen LogP contribution < -0.4 is 15.2 Å². The summed E-state index contributed by atoms with van der Waals surface area (Å²) in [6.07, 6.45) is 0. The quantitative estimate of drug-likeness (QED) is 0.717. The molecule has 27 heavy (non-hydrogen) atoms. The van der Waals surface area contributed by atoms with Crippen molar-refractivity contribution in [2.45, 2.75) is 18.7 Å². The standard InChI is InChI=1S/C19H19N3O4S/c1-11-4-6-16-13(8-11)9-15(12(2)21-16)19(23)22-14-5-7-17(26-3)18(10-14)27(20,24)25/h4-10H,1-3H3,(H,22,23)(H2,20,24,25). The van der Waals surface area contributed by atoms with Crippen LogP contribution in [0.5, 0.6) is 5.75 Å². The third kappa shape index (κ3) is 3.91. The molecule has 1 aromatic heterocycles. The zero-order chi connectivity index (χ0) is 19.8. The van der Waals surface area contributed by atoms with E-state index in [0.717, 1.165) is 16.5 Å². The van der Waals surface area contributed by atoms with Gasteiger partial charge in [-0.15, -0.1) is 0 Å². The molecular formula is C19H19N3O4S. The second kappa shape index (κ2) is 6.98. The average Bonchev–Trinajstić information content (AvgIpc) is 2.60. The molecule has 0 radical (unpaired) electrons. The van der Waals surface area contributed by atoms with E-state index in [4.69, 9.17) is 9.88 Å². The highest BCUT2D eigenvalue weighted by atomic mass is 32.2. The van der Waals surface area contributed by atoms with Gasteiger partial charge in [0, 0.05) is 11.1 Å². The molecule has 0 saturated carbocycles. The number of anilines is 1. The SMILES string of the molecule is COc1ccc(NC(=O)c2cc3cc(C)ccc3nc2C)cc1S(N)(=O)=O. The number of nitrogens with one attached hydrogen (secondary N) is 1. The summed E-state index contributed by atoms with van der Waals surface area (Å²) in [6, 6.07) is 11.8. The molecule has 0 bridgehead atoms. The summed E-state index contributed by atoms with van der Waals surface area (Å²) in [4.78, 5) is 17.0. The van der Waals surface area contributed by atoms with Gasteiger partial charge in [0.2, 0.25) is 10.0 Å². The van der Waals surface area contributed by atoms with E-state index in [1.54, 1.807) is 19.1 Å². The number of rotatable bonds is 4. The number of primary sulfonamides is 1. The lowest BCUT2D eigenvalue weighted by Gasteiger charge is -2.12. The Balaban J connectivity index is 1.98. The molecule has 8 heteroatoms. The fourth-order valence-corrected chi connectivity index (χ4v) is 3.52. The molecule has 1 amide bonds. The van der Waals surface area contributed by atoms with Crippen LogP contribution in [0.1, 0.15) is 21.6 Å². The summed E-state index contributed by atoms with van der Waals surface area (Å²) in [5.41, 5.74) is 3.13. The molecule has 0 unspecified atom stereocenters. The average molecular weight is 385 g/mol. The number of sulfonamides is 1. The Hall–Kier alpha value is -2.97. The van der Waals surface area contributed by atoms with Crippen LogP contribution in [0.2, 0.25) is 0 Å². The maximum atomic E-state index is 12.7. The number of ether oxygens (including phenoxy) is 1. The van der Waals surface area contributed by atoms with Crippen LogP contribution in [0, 0.1) is 13.8 Å². The van der Waals surface area contributed by atoms with Gasteiger partial charge in [-0.3, -0.25) is 9.78 Å². The van der Waals surface area contributed by atoms with Gasteiger partial charge in [-0.1, -0.05) is 11.6 Å². The molecular weight excluding hydrogens is 366 g/mol. The highest BCUT2D eigenvalue weighted by Crippen LogP contribution is 2.27. The molecule has 0 aliphatic carbocycles. The zero-order valence-corrected chi connectivity index (χ0v) is 15.9. The van der Waals surface area contributed by atoms with Gasteiger partial charge >= 0.3 is 0 Å². The zero-order valence-electron chi connectivity index (χ0n) is 15.1. The Morgan fingerprint density at radius 2 is 1.85 bits per heavy atom. The number of nitrogens with two attached hydrogens (primary N) is 1. The molecule has 0 aliphatic heterocycles. The third-order valence-corrected chi connectivity index (χ3v) is 5.07. The van der Waals surface area contributed by atoms with Gasteiger partial charge in [-0.05, 0) is 50.2 Å². The lowest BCUT2D eigenvalue weighted by molar-refractivity contribution is 0.102. The molecule has 7 nitrogen and oxygen atoms in total. The second-order valence-electron chi connectivity index (χ2n) is 6.18. The summed E-state index contributed by atoms with van der Waals surface area (Å²) in [6.45, 7) is 3.71. The molecule has 0 atom stereocenters. The van der Waals surface area contributed by atoms with Crippen molar-refractivity contribution in [1.29, 1.82) is 0 Å². The van der Waals surface area contributed by atoms with Gasteiger partial charge in [0.1, 0.15) is 10.6 Å². The maximum absolute atomic E-state index is 12.7. The number of hydrogen-bond donors (Lipinski definition) is 2. The number of amides is 1. The van der Waals surface area contributed by atoms with Crippen molar-refractivity contribution in [3.05, 3.63) is 59.3 Å². The first-order valence-corrected chi connectivity index (χ1v) is 9.64. The number of carbonyl (C=O) groups excluding carboxylic acids is 1. The number of fused-ring (bicyclic) bond motifs is 1. The Bertz CT molecular complexity index is 1160. The van der Waals surface area contributed by atoms with E-state index in [9.17, 15) is 13.2 Å². The fraction of sp³-hybridized carbons (Fsp3) is 0.158. The predicted octanol–water partition coefficient (Wildman–Crippen LogP) is 2.76. The Morgan fingerprint density at radius 3 is 2.52 bits per heavy atom. The van der Waals surface area contributed by atoms with Crippen LogP contribution in [0.4, 0.5) is 5.69 Å². The van der Waals surface area contributed by atoms with Crippen LogP contribution in [-0.2, 0) is 10.0 Å². The summed E-state index contributed by atoms with van der Waals surface area (Å²) in [5, 5.41) is 8.75. The number of hydrogen-bond acceptors (Lipinski definition) is 5. The van der Waals surface area contributed by atoms with Gasteiger partial charge in [0.05, 0.1) is 23.9 Å². The minimum absolute atomic E-state index is 0.106. The monoisotopic (exact) mass is 385 g/mol. The van der Waals surface area contributed by atoms with Crippen molar-refractivity contribution in [3.8, 4) is 5.75 Å². The number of aryl methyl sites for hydroxylation is 2. The minimum atomic E-state index is -4.00. The van der Waals surface area contributed by atoms with Gasteiger partial charge in [-0.25, -0.2) is 13.6 Å². The van der Waals surface area contributed by atoms with Crippen LogP contribution >= 0.6 is 0 Å². The molecule has 3 N–H and O–H groups in total. The van der Waals surface area contributed by atoms with Gasteiger partial charge in [0.25, 0.3) is 5.91 Å². The van der Waals surface area contributed by atoms with E-state index in [2.05, 4.69) is 10.3 Å². The number of aromatic nitrogens is 1. The lowest BCUT2D eigenvalue weighted by atomic mass is 10.1. The summed E-state index contributed by atoms with van der Waals surface area (Å²) in [5.74, 6) is -0.288. The van der Waals surface area contributed by atoms with Crippen molar-refractivity contribution in [3.63, 3.8) is 0 Å². The number of carbonyl (C=O) groups is 1. The second-order valence-corrected chi connectivity index (χ2v) is 7.71. The first-order valence-electron chi connectivity index (χ1n) is 8.09. The number of benzene rings is 2. The van der Waals surface area contributed by atoms with Crippen LogP contribution in [0.15, 0.2) is 47.4 Å². The van der Waals surface area contributed by atoms with E-state index < -0.39 is 15.9 Å². The predicted molar refractivity (Wildman–Crippen MR) is 104 cm³/mol. The molecule has 2 aromatic carbocycles. The van der Waals surface area contributed by atoms with Gasteiger partial charge in [-0.2, -0.15) is 0 Å². The number of methoxy groups -OCH3 is 1. The topological polar surface area (TPSA) is 111 Å². The van der Waals surface area contributed by atoms with Crippen molar-refractivity contribution in [2.24, 2.45) is 5.14 Å². The summed E-state index contributed by atoms with van der Waals surface area (Å²) < 4.78 is 28.5. The first kappa shape index (κ1) is 18.8. The Kier molecular flexibility index (Phi) is 4.86. The van der Waals surface area contributed by atoms with Crippen molar-refractivity contribution in [2.75, 3.05) is 12.4 Å². The van der Waals surface area contributed by atoms with Gasteiger partial charge < -0.3 is 10.1 Å². The van der Waals surface area contributed by atoms with Crippen LogP contribution in [-0.4, -0.2) is 26.4 Å². The smallest absolute Gasteiger partial charge is 0.257 e. The van der Waals surface area contributed by atoms with Crippen LogP contribution in [0.25, 0.3) is 10.9 Å². The molecule has 1 heterocycles. The molecule has 0 spiro atoms.